The molecule has 0 spiro atoms. The summed E-state index contributed by atoms with van der Waals surface area (Å²) in [5.41, 5.74) is 0. The topological polar surface area (TPSA) is 87.9 Å². The van der Waals surface area contributed by atoms with Crippen LogP contribution in [0.15, 0.2) is 23.1 Å². The summed E-state index contributed by atoms with van der Waals surface area (Å²) >= 11 is 0. The Morgan fingerprint density at radius 1 is 1.21 bits per heavy atom. The molecule has 104 valence electrons. The first kappa shape index (κ1) is 12.7. The lowest BCUT2D eigenvalue weighted by Crippen LogP contribution is -2.21. The highest BCUT2D eigenvalue weighted by Crippen LogP contribution is 2.37. The Bertz CT molecular complexity index is 586. The van der Waals surface area contributed by atoms with Gasteiger partial charge in [-0.05, 0) is 31.4 Å². The molecule has 1 aromatic rings. The summed E-state index contributed by atoms with van der Waals surface area (Å²) in [7, 11) is -3.37. The Kier molecular flexibility index (Phi) is 3.12. The average molecular weight is 285 g/mol. The largest absolute Gasteiger partial charge is 0.454 e. The number of fused-ring (bicyclic) bond motifs is 1. The first-order valence-electron chi connectivity index (χ1n) is 6.10. The van der Waals surface area contributed by atoms with E-state index < -0.39 is 15.1 Å². The number of ether oxygens (including phenoxy) is 2. The second kappa shape index (κ2) is 4.66. The monoisotopic (exact) mass is 285 g/mol. The molecule has 6 nitrogen and oxygen atoms in total. The van der Waals surface area contributed by atoms with E-state index in [1.807, 2.05) is 0 Å². The van der Waals surface area contributed by atoms with E-state index in [0.29, 0.717) is 30.8 Å². The van der Waals surface area contributed by atoms with Gasteiger partial charge in [-0.25, -0.2) is 14.3 Å². The Morgan fingerprint density at radius 3 is 2.74 bits per heavy atom. The molecule has 2 atom stereocenters. The molecular formula is C12H15NO5S. The van der Waals surface area contributed by atoms with Crippen LogP contribution < -0.4 is 15.4 Å². The van der Waals surface area contributed by atoms with Gasteiger partial charge in [-0.3, -0.25) is 0 Å². The second-order valence-electron chi connectivity index (χ2n) is 4.75. The summed E-state index contributed by atoms with van der Waals surface area (Å²) in [6.07, 6.45) is 1.51. The fraction of sp³-hybridized carbons (Fsp3) is 0.500. The molecule has 2 aliphatic rings. The SMILES string of the molecule is NOC1CCC(S(=O)(=O)c2ccc3c(c2)OCO3)C1. The van der Waals surface area contributed by atoms with Crippen molar-refractivity contribution in [2.24, 2.45) is 5.90 Å². The molecule has 19 heavy (non-hydrogen) atoms. The molecule has 0 amide bonds. The Hall–Kier alpha value is -1.31. The van der Waals surface area contributed by atoms with Gasteiger partial charge in [-0.15, -0.1) is 0 Å². The number of hydrogen-bond donors (Lipinski definition) is 1. The van der Waals surface area contributed by atoms with Gasteiger partial charge in [-0.1, -0.05) is 0 Å². The fourth-order valence-electron chi connectivity index (χ4n) is 2.55. The van der Waals surface area contributed by atoms with Crippen LogP contribution in [0.5, 0.6) is 11.5 Å². The lowest BCUT2D eigenvalue weighted by Gasteiger charge is -2.12. The summed E-state index contributed by atoms with van der Waals surface area (Å²) in [6.45, 7) is 0.130. The molecule has 2 unspecified atom stereocenters. The van der Waals surface area contributed by atoms with Crippen LogP contribution >= 0.6 is 0 Å². The minimum atomic E-state index is -3.37. The number of hydrogen-bond acceptors (Lipinski definition) is 6. The predicted octanol–water partition coefficient (Wildman–Crippen LogP) is 1.00. The van der Waals surface area contributed by atoms with Gasteiger partial charge >= 0.3 is 0 Å². The first-order valence-corrected chi connectivity index (χ1v) is 7.65. The third-order valence-electron chi connectivity index (χ3n) is 3.64. The highest BCUT2D eigenvalue weighted by atomic mass is 32.2. The minimum Gasteiger partial charge on any atom is -0.454 e. The maximum atomic E-state index is 12.5. The normalized spacial score (nSPS) is 25.7. The first-order chi connectivity index (χ1) is 9.11. The van der Waals surface area contributed by atoms with Crippen molar-refractivity contribution in [2.75, 3.05) is 6.79 Å². The van der Waals surface area contributed by atoms with Crippen LogP contribution in [0.2, 0.25) is 0 Å². The zero-order valence-electron chi connectivity index (χ0n) is 10.2. The van der Waals surface area contributed by atoms with E-state index in [0.717, 1.165) is 0 Å². The highest BCUT2D eigenvalue weighted by molar-refractivity contribution is 7.92. The van der Waals surface area contributed by atoms with E-state index >= 15 is 0 Å². The summed E-state index contributed by atoms with van der Waals surface area (Å²) in [4.78, 5) is 5.00. The van der Waals surface area contributed by atoms with Gasteiger partial charge in [-0.2, -0.15) is 0 Å². The fourth-order valence-corrected chi connectivity index (χ4v) is 4.38. The maximum absolute atomic E-state index is 12.5. The van der Waals surface area contributed by atoms with E-state index in [1.54, 1.807) is 12.1 Å². The van der Waals surface area contributed by atoms with Gasteiger partial charge in [0.15, 0.2) is 21.3 Å². The van der Waals surface area contributed by atoms with E-state index in [2.05, 4.69) is 0 Å². The van der Waals surface area contributed by atoms with E-state index in [9.17, 15) is 8.42 Å². The molecule has 7 heteroatoms. The van der Waals surface area contributed by atoms with Crippen LogP contribution in [-0.4, -0.2) is 26.6 Å². The van der Waals surface area contributed by atoms with Crippen LogP contribution in [0.4, 0.5) is 0 Å². The van der Waals surface area contributed by atoms with E-state index in [4.69, 9.17) is 20.2 Å². The van der Waals surface area contributed by atoms with Crippen molar-refractivity contribution in [3.63, 3.8) is 0 Å². The molecule has 1 fully saturated rings. The summed E-state index contributed by atoms with van der Waals surface area (Å²) in [5, 5.41) is -0.443. The predicted molar refractivity (Wildman–Crippen MR) is 66.5 cm³/mol. The van der Waals surface area contributed by atoms with Gasteiger partial charge < -0.3 is 14.3 Å². The zero-order valence-corrected chi connectivity index (χ0v) is 11.1. The molecule has 0 aromatic heterocycles. The summed E-state index contributed by atoms with van der Waals surface area (Å²) in [5.74, 6) is 6.18. The third-order valence-corrected chi connectivity index (χ3v) is 5.86. The zero-order chi connectivity index (χ0) is 13.5. The Labute approximate surface area is 111 Å². The number of nitrogens with two attached hydrogens (primary N) is 1. The second-order valence-corrected chi connectivity index (χ2v) is 6.98. The van der Waals surface area contributed by atoms with Crippen LogP contribution in [0.25, 0.3) is 0 Å². The Morgan fingerprint density at radius 2 is 2.00 bits per heavy atom. The molecular weight excluding hydrogens is 270 g/mol. The molecule has 1 aromatic carbocycles. The smallest absolute Gasteiger partial charge is 0.231 e. The molecule has 2 N–H and O–H groups in total. The lowest BCUT2D eigenvalue weighted by atomic mass is 10.3. The van der Waals surface area contributed by atoms with Crippen LogP contribution in [0, 0.1) is 0 Å². The van der Waals surface area contributed by atoms with Gasteiger partial charge in [0.25, 0.3) is 0 Å². The number of rotatable bonds is 3. The molecule has 0 bridgehead atoms. The number of sulfone groups is 1. The summed E-state index contributed by atoms with van der Waals surface area (Å²) in [6, 6.07) is 4.70. The van der Waals surface area contributed by atoms with E-state index in [-0.39, 0.29) is 17.8 Å². The third kappa shape index (κ3) is 2.18. The van der Waals surface area contributed by atoms with Crippen LogP contribution in [0.1, 0.15) is 19.3 Å². The van der Waals surface area contributed by atoms with Crippen LogP contribution in [-0.2, 0) is 14.7 Å². The van der Waals surface area contributed by atoms with Crippen molar-refractivity contribution in [3.05, 3.63) is 18.2 Å². The van der Waals surface area contributed by atoms with Gasteiger partial charge in [0.2, 0.25) is 6.79 Å². The van der Waals surface area contributed by atoms with Gasteiger partial charge in [0.05, 0.1) is 16.2 Å². The summed E-state index contributed by atoms with van der Waals surface area (Å²) < 4.78 is 35.4. The molecule has 3 rings (SSSR count). The quantitative estimate of drug-likeness (QED) is 0.834. The molecule has 0 radical (unpaired) electrons. The van der Waals surface area contributed by atoms with Crippen molar-refractivity contribution in [1.82, 2.24) is 0 Å². The van der Waals surface area contributed by atoms with Gasteiger partial charge in [0.1, 0.15) is 0 Å². The standard InChI is InChI=1S/C12H15NO5S/c13-18-8-1-2-9(5-8)19(14,15)10-3-4-11-12(6-10)17-7-16-11/h3-4,6,8-9H,1-2,5,7,13H2. The molecule has 1 aliphatic heterocycles. The maximum Gasteiger partial charge on any atom is 0.231 e. The van der Waals surface area contributed by atoms with Gasteiger partial charge in [0, 0.05) is 6.07 Å². The molecule has 1 saturated carbocycles. The van der Waals surface area contributed by atoms with Crippen molar-refractivity contribution >= 4 is 9.84 Å². The Balaban J connectivity index is 1.88. The van der Waals surface area contributed by atoms with Crippen LogP contribution in [0.3, 0.4) is 0 Å². The molecule has 0 saturated heterocycles. The molecule has 1 aliphatic carbocycles. The number of benzene rings is 1. The van der Waals surface area contributed by atoms with Crippen molar-refractivity contribution in [1.29, 1.82) is 0 Å². The average Bonchev–Trinajstić information content (AvgIpc) is 3.06. The van der Waals surface area contributed by atoms with Crippen molar-refractivity contribution in [2.45, 2.75) is 35.5 Å². The molecule has 1 heterocycles. The highest BCUT2D eigenvalue weighted by Gasteiger charge is 2.36. The minimum absolute atomic E-state index is 0.130. The van der Waals surface area contributed by atoms with Crippen molar-refractivity contribution in [3.8, 4) is 11.5 Å². The van der Waals surface area contributed by atoms with E-state index in [1.165, 1.54) is 6.07 Å². The lowest BCUT2D eigenvalue weighted by molar-refractivity contribution is 0.0589. The van der Waals surface area contributed by atoms with Crippen molar-refractivity contribution < 1.29 is 22.7 Å².